The Morgan fingerprint density at radius 1 is 1.53 bits per heavy atom. The van der Waals surface area contributed by atoms with E-state index in [-0.39, 0.29) is 5.02 Å². The van der Waals surface area contributed by atoms with Gasteiger partial charge in [-0.2, -0.15) is 0 Å². The number of nitrogens with one attached hydrogen (secondary N) is 1. The first-order chi connectivity index (χ1) is 7.15. The van der Waals surface area contributed by atoms with Crippen molar-refractivity contribution in [3.8, 4) is 0 Å². The third kappa shape index (κ3) is 2.83. The highest BCUT2D eigenvalue weighted by Gasteiger charge is 2.20. The quantitative estimate of drug-likeness (QED) is 0.602. The smallest absolute Gasteiger partial charge is 0.193 e. The van der Waals surface area contributed by atoms with Gasteiger partial charge < -0.3 is 11.1 Å². The molecule has 0 aromatic heterocycles. The number of nitrogens with two attached hydrogens (primary N) is 1. The van der Waals surface area contributed by atoms with Crippen molar-refractivity contribution >= 4 is 23.2 Å². The van der Waals surface area contributed by atoms with Crippen LogP contribution in [0.5, 0.6) is 0 Å². The first kappa shape index (κ1) is 10.2. The number of benzene rings is 1. The Labute approximate surface area is 92.1 Å². The summed E-state index contributed by atoms with van der Waals surface area (Å²) in [6.07, 6.45) is 2.16. The van der Waals surface area contributed by atoms with Crippen LogP contribution in [0.15, 0.2) is 23.2 Å². The summed E-state index contributed by atoms with van der Waals surface area (Å²) in [7, 11) is 0. The molecule has 0 atom stereocenters. The molecule has 5 heteroatoms. The highest BCUT2D eigenvalue weighted by atomic mass is 35.5. The minimum atomic E-state index is -0.471. The first-order valence-corrected chi connectivity index (χ1v) is 5.08. The van der Waals surface area contributed by atoms with Gasteiger partial charge in [0, 0.05) is 5.69 Å². The fraction of sp³-hybridized carbons (Fsp3) is 0.300. The molecular formula is C10H11ClFN3. The number of anilines is 1. The maximum absolute atomic E-state index is 13.1. The maximum Gasteiger partial charge on any atom is 0.193 e. The van der Waals surface area contributed by atoms with E-state index >= 15 is 0 Å². The van der Waals surface area contributed by atoms with E-state index in [0.717, 1.165) is 12.8 Å². The van der Waals surface area contributed by atoms with Crippen molar-refractivity contribution in [3.63, 3.8) is 0 Å². The molecular weight excluding hydrogens is 217 g/mol. The average molecular weight is 228 g/mol. The molecule has 2 rings (SSSR count). The molecule has 0 spiro atoms. The number of nitrogens with zero attached hydrogens (tertiary/aromatic N) is 1. The SMILES string of the molecule is NC(=NC1CC1)Nc1ccc(Cl)c(F)c1. The van der Waals surface area contributed by atoms with Crippen molar-refractivity contribution in [2.45, 2.75) is 18.9 Å². The number of aliphatic imine (C=N–C) groups is 1. The normalized spacial score (nSPS) is 16.5. The summed E-state index contributed by atoms with van der Waals surface area (Å²) in [5.74, 6) is -0.153. The highest BCUT2D eigenvalue weighted by Crippen LogP contribution is 2.23. The summed E-state index contributed by atoms with van der Waals surface area (Å²) in [4.78, 5) is 4.16. The minimum Gasteiger partial charge on any atom is -0.370 e. The van der Waals surface area contributed by atoms with Gasteiger partial charge in [0.1, 0.15) is 5.82 Å². The van der Waals surface area contributed by atoms with Crippen LogP contribution in [0.3, 0.4) is 0 Å². The van der Waals surface area contributed by atoms with Gasteiger partial charge in [-0.1, -0.05) is 11.6 Å². The van der Waals surface area contributed by atoms with Crippen LogP contribution in [0.1, 0.15) is 12.8 Å². The summed E-state index contributed by atoms with van der Waals surface area (Å²) in [6, 6.07) is 4.76. The predicted molar refractivity (Wildman–Crippen MR) is 59.7 cm³/mol. The molecule has 15 heavy (non-hydrogen) atoms. The summed E-state index contributed by atoms with van der Waals surface area (Å²) in [5.41, 5.74) is 6.17. The highest BCUT2D eigenvalue weighted by molar-refractivity contribution is 6.30. The Balaban J connectivity index is 2.06. The summed E-state index contributed by atoms with van der Waals surface area (Å²) < 4.78 is 13.1. The van der Waals surface area contributed by atoms with E-state index in [2.05, 4.69) is 10.3 Å². The molecule has 1 aliphatic carbocycles. The van der Waals surface area contributed by atoms with Crippen LogP contribution in [-0.4, -0.2) is 12.0 Å². The molecule has 3 nitrogen and oxygen atoms in total. The van der Waals surface area contributed by atoms with Crippen LogP contribution in [0.2, 0.25) is 5.02 Å². The van der Waals surface area contributed by atoms with E-state index < -0.39 is 5.82 Å². The van der Waals surface area contributed by atoms with Crippen LogP contribution >= 0.6 is 11.6 Å². The number of guanidine groups is 1. The van der Waals surface area contributed by atoms with Crippen LogP contribution < -0.4 is 11.1 Å². The summed E-state index contributed by atoms with van der Waals surface area (Å²) in [6.45, 7) is 0. The molecule has 3 N–H and O–H groups in total. The lowest BCUT2D eigenvalue weighted by Crippen LogP contribution is -2.23. The molecule has 0 amide bonds. The standard InChI is InChI=1S/C10H11ClFN3/c11-8-4-3-7(5-9(8)12)15-10(13)14-6-1-2-6/h3-6H,1-2H2,(H3,13,14,15). The molecule has 0 unspecified atom stereocenters. The van der Waals surface area contributed by atoms with Crippen molar-refractivity contribution in [2.75, 3.05) is 5.32 Å². The molecule has 0 aliphatic heterocycles. The Morgan fingerprint density at radius 3 is 2.87 bits per heavy atom. The predicted octanol–water partition coefficient (Wildman–Crippen LogP) is 2.37. The Hall–Kier alpha value is -1.29. The third-order valence-corrected chi connectivity index (χ3v) is 2.37. The molecule has 0 radical (unpaired) electrons. The molecule has 0 bridgehead atoms. The van der Waals surface area contributed by atoms with Crippen LogP contribution in [0, 0.1) is 5.82 Å². The van der Waals surface area contributed by atoms with Crippen molar-refractivity contribution < 1.29 is 4.39 Å². The van der Waals surface area contributed by atoms with Crippen LogP contribution in [-0.2, 0) is 0 Å². The molecule has 1 saturated carbocycles. The lowest BCUT2D eigenvalue weighted by molar-refractivity contribution is 0.629. The zero-order valence-electron chi connectivity index (χ0n) is 8.00. The van der Waals surface area contributed by atoms with Gasteiger partial charge in [-0.3, -0.25) is 0 Å². The van der Waals surface area contributed by atoms with Crippen molar-refractivity contribution in [1.82, 2.24) is 0 Å². The van der Waals surface area contributed by atoms with Crippen LogP contribution in [0.25, 0.3) is 0 Å². The summed E-state index contributed by atoms with van der Waals surface area (Å²) in [5, 5.41) is 2.91. The molecule has 80 valence electrons. The lowest BCUT2D eigenvalue weighted by Gasteiger charge is -2.05. The second-order valence-electron chi connectivity index (χ2n) is 3.50. The third-order valence-electron chi connectivity index (χ3n) is 2.06. The van der Waals surface area contributed by atoms with Gasteiger partial charge in [-0.15, -0.1) is 0 Å². The van der Waals surface area contributed by atoms with E-state index in [4.69, 9.17) is 17.3 Å². The largest absolute Gasteiger partial charge is 0.370 e. The molecule has 1 aromatic rings. The Kier molecular flexibility index (Phi) is 2.77. The number of hydrogen-bond donors (Lipinski definition) is 2. The molecule has 1 aromatic carbocycles. The van der Waals surface area contributed by atoms with Gasteiger partial charge >= 0.3 is 0 Å². The van der Waals surface area contributed by atoms with E-state index in [1.54, 1.807) is 6.07 Å². The van der Waals surface area contributed by atoms with Crippen molar-refractivity contribution in [2.24, 2.45) is 10.7 Å². The Morgan fingerprint density at radius 2 is 2.27 bits per heavy atom. The van der Waals surface area contributed by atoms with E-state index in [1.807, 2.05) is 0 Å². The van der Waals surface area contributed by atoms with Crippen molar-refractivity contribution in [3.05, 3.63) is 29.0 Å². The van der Waals surface area contributed by atoms with Crippen LogP contribution in [0.4, 0.5) is 10.1 Å². The fourth-order valence-corrected chi connectivity index (χ4v) is 1.27. The number of halogens is 2. The molecule has 1 fully saturated rings. The monoisotopic (exact) mass is 227 g/mol. The van der Waals surface area contributed by atoms with E-state index in [9.17, 15) is 4.39 Å². The van der Waals surface area contributed by atoms with Gasteiger partial charge in [-0.25, -0.2) is 9.38 Å². The molecule has 0 saturated heterocycles. The zero-order chi connectivity index (χ0) is 10.8. The van der Waals surface area contributed by atoms with Gasteiger partial charge in [0.15, 0.2) is 5.96 Å². The van der Waals surface area contributed by atoms with Gasteiger partial charge in [0.05, 0.1) is 11.1 Å². The average Bonchev–Trinajstić information content (AvgIpc) is 2.95. The topological polar surface area (TPSA) is 50.4 Å². The second kappa shape index (κ2) is 4.06. The van der Waals surface area contributed by atoms with Gasteiger partial charge in [0.2, 0.25) is 0 Å². The Bertz CT molecular complexity index is 402. The zero-order valence-corrected chi connectivity index (χ0v) is 8.76. The summed E-state index contributed by atoms with van der Waals surface area (Å²) >= 11 is 5.55. The van der Waals surface area contributed by atoms with Crippen molar-refractivity contribution in [1.29, 1.82) is 0 Å². The molecule has 0 heterocycles. The minimum absolute atomic E-state index is 0.0956. The van der Waals surface area contributed by atoms with E-state index in [1.165, 1.54) is 12.1 Å². The van der Waals surface area contributed by atoms with Gasteiger partial charge in [-0.05, 0) is 31.0 Å². The molecule has 1 aliphatic rings. The van der Waals surface area contributed by atoms with Gasteiger partial charge in [0.25, 0.3) is 0 Å². The second-order valence-corrected chi connectivity index (χ2v) is 3.91. The number of hydrogen-bond acceptors (Lipinski definition) is 1. The number of rotatable bonds is 2. The maximum atomic E-state index is 13.1. The first-order valence-electron chi connectivity index (χ1n) is 4.70. The van der Waals surface area contributed by atoms with E-state index in [0.29, 0.717) is 17.7 Å². The lowest BCUT2D eigenvalue weighted by atomic mass is 10.3. The fourth-order valence-electron chi connectivity index (χ4n) is 1.15.